The molecular weight excluding hydrogens is 432 g/mol. The van der Waals surface area contributed by atoms with Gasteiger partial charge >= 0.3 is 0 Å². The van der Waals surface area contributed by atoms with E-state index in [1.807, 2.05) is 0 Å². The molecule has 3 heterocycles. The molecule has 1 aromatic carbocycles. The molecule has 0 unspecified atom stereocenters. The number of thiazole rings is 1. The average molecular weight is 451 g/mol. The summed E-state index contributed by atoms with van der Waals surface area (Å²) in [6, 6.07) is 6.57. The van der Waals surface area contributed by atoms with Crippen molar-refractivity contribution in [3.63, 3.8) is 0 Å². The highest BCUT2D eigenvalue weighted by atomic mass is 32.2. The van der Waals surface area contributed by atoms with Gasteiger partial charge in [-0.15, -0.1) is 16.4 Å². The van der Waals surface area contributed by atoms with Crippen molar-refractivity contribution in [2.75, 3.05) is 24.2 Å². The van der Waals surface area contributed by atoms with Crippen LogP contribution in [0.5, 0.6) is 0 Å². The first-order valence-electron chi connectivity index (χ1n) is 8.87. The van der Waals surface area contributed by atoms with Gasteiger partial charge in [0.1, 0.15) is 0 Å². The van der Waals surface area contributed by atoms with Crippen molar-refractivity contribution in [2.45, 2.75) is 22.9 Å². The van der Waals surface area contributed by atoms with Crippen LogP contribution < -0.4 is 5.32 Å². The number of aromatic amines is 1. The predicted octanol–water partition coefficient (Wildman–Crippen LogP) is 2.44. The van der Waals surface area contributed by atoms with Gasteiger partial charge in [0.05, 0.1) is 10.6 Å². The summed E-state index contributed by atoms with van der Waals surface area (Å²) in [6.07, 6.45) is 3.42. The summed E-state index contributed by atoms with van der Waals surface area (Å²) in [5, 5.41) is 12.4. The number of sulfonamides is 1. The Morgan fingerprint density at radius 1 is 1.24 bits per heavy atom. The van der Waals surface area contributed by atoms with E-state index in [1.54, 1.807) is 35.8 Å². The maximum Gasteiger partial charge on any atom is 0.243 e. The third-order valence-electron chi connectivity index (χ3n) is 4.31. The second-order valence-corrected chi connectivity index (χ2v) is 10.1. The van der Waals surface area contributed by atoms with Gasteiger partial charge in [-0.1, -0.05) is 11.8 Å². The van der Waals surface area contributed by atoms with Crippen molar-refractivity contribution < 1.29 is 13.2 Å². The third-order valence-corrected chi connectivity index (χ3v) is 7.76. The lowest BCUT2D eigenvalue weighted by molar-refractivity contribution is -0.113. The Hall–Kier alpha value is -2.28. The zero-order valence-electron chi connectivity index (χ0n) is 15.2. The minimum atomic E-state index is -3.44. The van der Waals surface area contributed by atoms with E-state index in [1.165, 1.54) is 27.4 Å². The molecule has 9 nitrogen and oxygen atoms in total. The first-order valence-corrected chi connectivity index (χ1v) is 12.2. The van der Waals surface area contributed by atoms with Crippen molar-refractivity contribution in [1.29, 1.82) is 0 Å². The molecule has 1 fully saturated rings. The number of aromatic nitrogens is 4. The lowest BCUT2D eigenvalue weighted by atomic mass is 10.2. The first kappa shape index (κ1) is 20.0. The van der Waals surface area contributed by atoms with Gasteiger partial charge in [0.25, 0.3) is 0 Å². The monoisotopic (exact) mass is 450 g/mol. The third kappa shape index (κ3) is 4.66. The Morgan fingerprint density at radius 2 is 2.00 bits per heavy atom. The topological polar surface area (TPSA) is 121 Å². The normalized spacial score (nSPS) is 14.9. The molecular formula is C17H18N6O3S3. The number of hydrogen-bond donors (Lipinski definition) is 2. The summed E-state index contributed by atoms with van der Waals surface area (Å²) in [7, 11) is -3.44. The Balaban J connectivity index is 1.38. The zero-order chi connectivity index (χ0) is 20.3. The van der Waals surface area contributed by atoms with Crippen LogP contribution in [0.3, 0.4) is 0 Å². The number of carbonyl (C=O) groups excluding carboxylic acids is 1. The maximum absolute atomic E-state index is 12.6. The van der Waals surface area contributed by atoms with Gasteiger partial charge in [-0.25, -0.2) is 18.4 Å². The summed E-state index contributed by atoms with van der Waals surface area (Å²) in [5.74, 6) is 0.481. The minimum Gasteiger partial charge on any atom is -0.301 e. The molecule has 0 saturated carbocycles. The van der Waals surface area contributed by atoms with Crippen LogP contribution in [0.25, 0.3) is 11.4 Å². The van der Waals surface area contributed by atoms with Crippen LogP contribution in [0.1, 0.15) is 12.8 Å². The number of benzene rings is 1. The number of H-pyrrole nitrogens is 1. The molecule has 1 aliphatic heterocycles. The van der Waals surface area contributed by atoms with Gasteiger partial charge in [0, 0.05) is 30.2 Å². The molecule has 1 aliphatic rings. The number of anilines is 1. The Morgan fingerprint density at radius 3 is 2.69 bits per heavy atom. The van der Waals surface area contributed by atoms with E-state index in [0.717, 1.165) is 18.4 Å². The maximum atomic E-state index is 12.6. The minimum absolute atomic E-state index is 0.157. The molecule has 0 bridgehead atoms. The van der Waals surface area contributed by atoms with Gasteiger partial charge < -0.3 is 5.32 Å². The highest BCUT2D eigenvalue weighted by molar-refractivity contribution is 7.99. The van der Waals surface area contributed by atoms with Crippen LogP contribution in [-0.2, 0) is 14.8 Å². The molecule has 0 atom stereocenters. The van der Waals surface area contributed by atoms with Crippen molar-refractivity contribution >= 4 is 44.2 Å². The Bertz CT molecular complexity index is 1070. The second-order valence-electron chi connectivity index (χ2n) is 6.28. The molecule has 29 heavy (non-hydrogen) atoms. The number of carbonyl (C=O) groups is 1. The fraction of sp³-hybridized carbons (Fsp3) is 0.294. The summed E-state index contributed by atoms with van der Waals surface area (Å²) < 4.78 is 26.7. The Kier molecular flexibility index (Phi) is 5.94. The zero-order valence-corrected chi connectivity index (χ0v) is 17.7. The van der Waals surface area contributed by atoms with E-state index in [-0.39, 0.29) is 16.6 Å². The van der Waals surface area contributed by atoms with Crippen LogP contribution in [0, 0.1) is 0 Å². The molecule has 12 heteroatoms. The van der Waals surface area contributed by atoms with Crippen molar-refractivity contribution in [2.24, 2.45) is 0 Å². The largest absolute Gasteiger partial charge is 0.301 e. The quantitative estimate of drug-likeness (QED) is 0.530. The number of hydrogen-bond acceptors (Lipinski definition) is 8. The second kappa shape index (κ2) is 8.61. The number of nitrogens with zero attached hydrogens (tertiary/aromatic N) is 4. The van der Waals surface area contributed by atoms with E-state index in [0.29, 0.717) is 29.2 Å². The average Bonchev–Trinajstić information content (AvgIpc) is 3.49. The van der Waals surface area contributed by atoms with Crippen LogP contribution in [0.15, 0.2) is 45.9 Å². The first-order chi connectivity index (χ1) is 14.0. The number of thioether (sulfide) groups is 1. The summed E-state index contributed by atoms with van der Waals surface area (Å²) in [6.45, 7) is 1.14. The molecule has 0 spiro atoms. The molecule has 2 N–H and O–H groups in total. The predicted molar refractivity (Wildman–Crippen MR) is 111 cm³/mol. The smallest absolute Gasteiger partial charge is 0.243 e. The van der Waals surface area contributed by atoms with Crippen molar-refractivity contribution in [3.05, 3.63) is 35.8 Å². The lowest BCUT2D eigenvalue weighted by Gasteiger charge is -2.15. The van der Waals surface area contributed by atoms with Gasteiger partial charge in [0.2, 0.25) is 21.1 Å². The molecule has 0 radical (unpaired) electrons. The number of nitrogens with one attached hydrogen (secondary N) is 2. The molecule has 2 aromatic heterocycles. The van der Waals surface area contributed by atoms with Crippen LogP contribution >= 0.6 is 23.1 Å². The molecule has 3 aromatic rings. The number of rotatable bonds is 7. The van der Waals surface area contributed by atoms with Crippen LogP contribution in [0.4, 0.5) is 5.13 Å². The van der Waals surface area contributed by atoms with E-state index >= 15 is 0 Å². The molecule has 1 amide bonds. The van der Waals surface area contributed by atoms with Gasteiger partial charge in [-0.05, 0) is 37.1 Å². The Labute approximate surface area is 176 Å². The van der Waals surface area contributed by atoms with Crippen molar-refractivity contribution in [3.8, 4) is 11.4 Å². The molecule has 4 rings (SSSR count). The van der Waals surface area contributed by atoms with Crippen LogP contribution in [0.2, 0.25) is 0 Å². The van der Waals surface area contributed by atoms with E-state index in [2.05, 4.69) is 25.5 Å². The standard InChI is InChI=1S/C17H18N6O3S3/c24-14(19-16-18-7-10-27-16)11-28-17-20-15(21-22-17)12-3-5-13(6-4-12)29(25,26)23-8-1-2-9-23/h3-7,10H,1-2,8-9,11H2,(H,18,19,24)(H,20,21,22). The van der Waals surface area contributed by atoms with E-state index in [4.69, 9.17) is 0 Å². The molecule has 0 aliphatic carbocycles. The van der Waals surface area contributed by atoms with Crippen molar-refractivity contribution in [1.82, 2.24) is 24.5 Å². The van der Waals surface area contributed by atoms with Gasteiger partial charge in [0.15, 0.2) is 11.0 Å². The fourth-order valence-corrected chi connectivity index (χ4v) is 5.53. The van der Waals surface area contributed by atoms with E-state index in [9.17, 15) is 13.2 Å². The van der Waals surface area contributed by atoms with E-state index < -0.39 is 10.0 Å². The van der Waals surface area contributed by atoms with Gasteiger partial charge in [-0.2, -0.15) is 4.31 Å². The van der Waals surface area contributed by atoms with Gasteiger partial charge in [-0.3, -0.25) is 9.89 Å². The molecule has 152 valence electrons. The summed E-state index contributed by atoms with van der Waals surface area (Å²) in [4.78, 5) is 20.5. The SMILES string of the molecule is O=C(CSc1n[nH]c(-c2ccc(S(=O)(=O)N3CCCC3)cc2)n1)Nc1nccs1. The molecule has 1 saturated heterocycles. The summed E-state index contributed by atoms with van der Waals surface area (Å²) >= 11 is 2.55. The fourth-order valence-electron chi connectivity index (χ4n) is 2.87. The summed E-state index contributed by atoms with van der Waals surface area (Å²) in [5.41, 5.74) is 0.719. The van der Waals surface area contributed by atoms with Crippen LogP contribution in [-0.4, -0.2) is 57.6 Å². The highest BCUT2D eigenvalue weighted by Crippen LogP contribution is 2.24. The number of amides is 1. The highest BCUT2D eigenvalue weighted by Gasteiger charge is 2.27. The lowest BCUT2D eigenvalue weighted by Crippen LogP contribution is -2.27.